The number of hydrogen-bond acceptors (Lipinski definition) is 6. The maximum Gasteiger partial charge on any atom is 0.296 e. The maximum atomic E-state index is 9.88. The molecule has 5 heterocycles. The summed E-state index contributed by atoms with van der Waals surface area (Å²) in [5.74, 6) is 0. The molecule has 1 unspecified atom stereocenters. The van der Waals surface area contributed by atoms with Gasteiger partial charge >= 0.3 is 0 Å². The van der Waals surface area contributed by atoms with Crippen molar-refractivity contribution in [2.45, 2.75) is 24.4 Å². The van der Waals surface area contributed by atoms with Gasteiger partial charge in [0.15, 0.2) is 11.8 Å². The van der Waals surface area contributed by atoms with Gasteiger partial charge in [-0.2, -0.15) is 4.98 Å². The van der Waals surface area contributed by atoms with Crippen molar-refractivity contribution in [3.8, 4) is 23.0 Å². The van der Waals surface area contributed by atoms with Crippen LogP contribution >= 0.6 is 11.6 Å². The Hall–Kier alpha value is -2.91. The van der Waals surface area contributed by atoms with Crippen molar-refractivity contribution >= 4 is 22.8 Å². The monoisotopic (exact) mass is 438 g/mol. The molecule has 4 atom stereocenters. The fraction of sp³-hybridized carbons (Fsp3) is 0.273. The molecule has 0 spiro atoms. The Kier molecular flexibility index (Phi) is 4.46. The number of fused-ring (bicyclic) bond motifs is 2. The minimum atomic E-state index is -0.624. The molecule has 3 aromatic heterocycles. The van der Waals surface area contributed by atoms with Gasteiger partial charge in [-0.25, -0.2) is 4.98 Å². The second-order valence-electron chi connectivity index (χ2n) is 7.69. The summed E-state index contributed by atoms with van der Waals surface area (Å²) in [7, 11) is 0. The number of nitrogens with one attached hydrogen (secondary N) is 1. The van der Waals surface area contributed by atoms with E-state index in [4.69, 9.17) is 25.8 Å². The first-order valence-corrected chi connectivity index (χ1v) is 10.4. The molecule has 8 nitrogen and oxygen atoms in total. The van der Waals surface area contributed by atoms with Crippen molar-refractivity contribution in [1.82, 2.24) is 19.5 Å². The summed E-state index contributed by atoms with van der Waals surface area (Å²) in [5.41, 5.74) is 3.78. The molecule has 6 rings (SSSR count). The summed E-state index contributed by atoms with van der Waals surface area (Å²) in [6.07, 6.45) is 2.34. The molecule has 0 amide bonds. The zero-order valence-electron chi connectivity index (χ0n) is 16.3. The molecule has 4 aromatic rings. The van der Waals surface area contributed by atoms with Crippen molar-refractivity contribution in [3.63, 3.8) is 0 Å². The molecule has 2 aliphatic heterocycles. The van der Waals surface area contributed by atoms with Crippen LogP contribution in [0.5, 0.6) is 6.01 Å². The van der Waals surface area contributed by atoms with Crippen LogP contribution in [0.15, 0.2) is 54.9 Å². The van der Waals surface area contributed by atoms with Gasteiger partial charge in [-0.15, -0.1) is 0 Å². The zero-order chi connectivity index (χ0) is 20.9. The Morgan fingerprint density at radius 3 is 2.65 bits per heavy atom. The maximum absolute atomic E-state index is 9.88. The van der Waals surface area contributed by atoms with Gasteiger partial charge < -0.3 is 28.9 Å². The predicted molar refractivity (Wildman–Crippen MR) is 114 cm³/mol. The van der Waals surface area contributed by atoms with E-state index in [-0.39, 0.29) is 24.9 Å². The molecule has 0 saturated carbocycles. The molecule has 0 aliphatic carbocycles. The van der Waals surface area contributed by atoms with E-state index >= 15 is 0 Å². The number of aromatic nitrogens is 4. The molecule has 0 radical (unpaired) electrons. The smallest absolute Gasteiger partial charge is 0.296 e. The van der Waals surface area contributed by atoms with Gasteiger partial charge in [-0.1, -0.05) is 23.7 Å². The lowest BCUT2D eigenvalue weighted by Crippen LogP contribution is -2.34. The minimum Gasteiger partial charge on any atom is -0.456 e. The molecule has 2 fully saturated rings. The van der Waals surface area contributed by atoms with E-state index in [2.05, 4.69) is 15.0 Å². The van der Waals surface area contributed by atoms with Gasteiger partial charge in [0.2, 0.25) is 0 Å². The third kappa shape index (κ3) is 3.28. The van der Waals surface area contributed by atoms with Gasteiger partial charge in [-0.05, 0) is 30.3 Å². The van der Waals surface area contributed by atoms with Crippen LogP contribution < -0.4 is 4.74 Å². The first-order valence-electron chi connectivity index (χ1n) is 10.0. The predicted octanol–water partition coefficient (Wildman–Crippen LogP) is 2.97. The number of aliphatic hydroxyl groups excluding tert-OH is 1. The number of aromatic amines is 1. The summed E-state index contributed by atoms with van der Waals surface area (Å²) >= 11 is 6.52. The van der Waals surface area contributed by atoms with Gasteiger partial charge in [-0.3, -0.25) is 0 Å². The van der Waals surface area contributed by atoms with Crippen LogP contribution in [0.2, 0.25) is 5.02 Å². The second kappa shape index (κ2) is 7.35. The number of nitrogens with zero attached hydrogens (tertiary/aromatic N) is 3. The molecule has 31 heavy (non-hydrogen) atoms. The third-order valence-electron chi connectivity index (χ3n) is 5.69. The Balaban J connectivity index is 1.27. The van der Waals surface area contributed by atoms with Crippen LogP contribution in [-0.2, 0) is 9.47 Å². The van der Waals surface area contributed by atoms with E-state index < -0.39 is 6.10 Å². The average Bonchev–Trinajstić information content (AvgIpc) is 3.55. The SMILES string of the molecule is O[C@@H]1CO[C@H]2C1OC[C@H]2Oc1nc2nc(-c3ccc(-n4cccc4)cc3)c(Cl)cc2[nH]1. The minimum absolute atomic E-state index is 0.249. The summed E-state index contributed by atoms with van der Waals surface area (Å²) < 4.78 is 19.2. The number of imidazole rings is 1. The van der Waals surface area contributed by atoms with Crippen LogP contribution in [0, 0.1) is 0 Å². The fourth-order valence-electron chi connectivity index (χ4n) is 4.14. The van der Waals surface area contributed by atoms with Crippen LogP contribution in [0.25, 0.3) is 28.1 Å². The molecule has 0 bridgehead atoms. The second-order valence-corrected chi connectivity index (χ2v) is 8.10. The lowest BCUT2D eigenvalue weighted by molar-refractivity contribution is 0.00706. The fourth-order valence-corrected chi connectivity index (χ4v) is 4.40. The highest BCUT2D eigenvalue weighted by Crippen LogP contribution is 2.32. The highest BCUT2D eigenvalue weighted by molar-refractivity contribution is 6.33. The lowest BCUT2D eigenvalue weighted by atomic mass is 10.1. The normalized spacial score (nSPS) is 25.2. The Morgan fingerprint density at radius 2 is 1.84 bits per heavy atom. The van der Waals surface area contributed by atoms with Gasteiger partial charge in [0, 0.05) is 23.6 Å². The first-order chi connectivity index (χ1) is 15.2. The summed E-state index contributed by atoms with van der Waals surface area (Å²) in [5, 5.41) is 10.4. The number of pyridine rings is 1. The van der Waals surface area contributed by atoms with Crippen molar-refractivity contribution in [3.05, 3.63) is 59.9 Å². The van der Waals surface area contributed by atoms with E-state index in [0.29, 0.717) is 34.5 Å². The molecular formula is C22H19ClN4O4. The Morgan fingerprint density at radius 1 is 1.06 bits per heavy atom. The van der Waals surface area contributed by atoms with Crippen LogP contribution in [0.4, 0.5) is 0 Å². The van der Waals surface area contributed by atoms with E-state index in [1.54, 1.807) is 6.07 Å². The topological polar surface area (TPSA) is 94.4 Å². The third-order valence-corrected chi connectivity index (χ3v) is 5.98. The Bertz CT molecular complexity index is 1220. The van der Waals surface area contributed by atoms with Crippen molar-refractivity contribution in [2.24, 2.45) is 0 Å². The zero-order valence-corrected chi connectivity index (χ0v) is 17.1. The summed E-state index contributed by atoms with van der Waals surface area (Å²) in [4.78, 5) is 12.2. The molecular weight excluding hydrogens is 420 g/mol. The van der Waals surface area contributed by atoms with Gasteiger partial charge in [0.25, 0.3) is 6.01 Å². The van der Waals surface area contributed by atoms with Gasteiger partial charge in [0.05, 0.1) is 29.4 Å². The van der Waals surface area contributed by atoms with E-state index in [9.17, 15) is 5.11 Å². The molecule has 2 saturated heterocycles. The summed E-state index contributed by atoms with van der Waals surface area (Å²) in [6, 6.07) is 14.1. The number of benzene rings is 1. The van der Waals surface area contributed by atoms with Crippen molar-refractivity contribution < 1.29 is 19.3 Å². The van der Waals surface area contributed by atoms with Gasteiger partial charge in [0.1, 0.15) is 18.3 Å². The largest absolute Gasteiger partial charge is 0.456 e. The number of aliphatic hydroxyl groups is 1. The lowest BCUT2D eigenvalue weighted by Gasteiger charge is -2.15. The van der Waals surface area contributed by atoms with Crippen molar-refractivity contribution in [1.29, 1.82) is 0 Å². The van der Waals surface area contributed by atoms with Crippen LogP contribution in [-0.4, -0.2) is 62.3 Å². The van der Waals surface area contributed by atoms with E-state index in [1.807, 2.05) is 53.4 Å². The number of rotatable bonds is 4. The number of ether oxygens (including phenoxy) is 3. The van der Waals surface area contributed by atoms with Crippen molar-refractivity contribution in [2.75, 3.05) is 13.2 Å². The highest BCUT2D eigenvalue weighted by Gasteiger charge is 2.48. The van der Waals surface area contributed by atoms with E-state index in [0.717, 1.165) is 11.3 Å². The Labute approximate surface area is 182 Å². The number of H-pyrrole nitrogens is 1. The average molecular weight is 439 g/mol. The molecule has 2 N–H and O–H groups in total. The molecule has 1 aromatic carbocycles. The standard InChI is InChI=1S/C22H19ClN4O4/c23-14-9-15-21(25-18(14)12-3-5-13(6-4-12)27-7-1-2-8-27)26-22(24-15)31-17-11-30-19-16(28)10-29-20(17)19/h1-9,16-17,19-20,28H,10-11H2,(H,24,25,26)/t16-,17-,19?,20-/m1/s1. The number of halogens is 1. The highest BCUT2D eigenvalue weighted by atomic mass is 35.5. The molecule has 9 heteroatoms. The van der Waals surface area contributed by atoms with Crippen LogP contribution in [0.3, 0.4) is 0 Å². The van der Waals surface area contributed by atoms with Crippen LogP contribution in [0.1, 0.15) is 0 Å². The summed E-state index contributed by atoms with van der Waals surface area (Å²) in [6.45, 7) is 0.579. The molecule has 158 valence electrons. The van der Waals surface area contributed by atoms with E-state index in [1.165, 1.54) is 0 Å². The quantitative estimate of drug-likeness (QED) is 0.508. The first kappa shape index (κ1) is 18.8. The molecule has 2 aliphatic rings. The number of hydrogen-bond donors (Lipinski definition) is 2.